The molecule has 1 aromatic carbocycles. The fourth-order valence-electron chi connectivity index (χ4n) is 2.55. The highest BCUT2D eigenvalue weighted by Gasteiger charge is 2.16. The van der Waals surface area contributed by atoms with E-state index in [1.54, 1.807) is 18.3 Å². The number of nitrogens with one attached hydrogen (secondary N) is 1. The topological polar surface area (TPSA) is 76.9 Å². The minimum Gasteiger partial charge on any atom is -0.355 e. The molecular formula is C19H20N4O2S. The summed E-state index contributed by atoms with van der Waals surface area (Å²) >= 11 is 1.24. The van der Waals surface area contributed by atoms with E-state index in [-0.39, 0.29) is 17.2 Å². The van der Waals surface area contributed by atoms with Crippen molar-refractivity contribution >= 4 is 28.6 Å². The summed E-state index contributed by atoms with van der Waals surface area (Å²) in [4.78, 5) is 34.0. The molecule has 6 nitrogen and oxygen atoms in total. The molecule has 0 saturated heterocycles. The van der Waals surface area contributed by atoms with Crippen LogP contribution in [0.25, 0.3) is 16.7 Å². The number of amides is 1. The fraction of sp³-hybridized carbons (Fsp3) is 0.263. The Morgan fingerprint density at radius 1 is 1.23 bits per heavy atom. The Balaban J connectivity index is 2.08. The van der Waals surface area contributed by atoms with E-state index in [0.29, 0.717) is 28.4 Å². The summed E-state index contributed by atoms with van der Waals surface area (Å²) in [5.74, 6) is 0.646. The lowest BCUT2D eigenvalue weighted by Gasteiger charge is -2.14. The van der Waals surface area contributed by atoms with Crippen LogP contribution in [0.5, 0.6) is 0 Å². The summed E-state index contributed by atoms with van der Waals surface area (Å²) in [5.41, 5.74) is 1.29. The van der Waals surface area contributed by atoms with Gasteiger partial charge in [-0.3, -0.25) is 9.59 Å². The predicted molar refractivity (Wildman–Crippen MR) is 104 cm³/mol. The van der Waals surface area contributed by atoms with Crippen molar-refractivity contribution in [3.05, 3.63) is 58.5 Å². The lowest BCUT2D eigenvalue weighted by molar-refractivity contribution is -0.118. The Morgan fingerprint density at radius 3 is 2.81 bits per heavy atom. The smallest absolute Gasteiger partial charge is 0.267 e. The second kappa shape index (κ2) is 8.14. The molecule has 1 N–H and O–H groups in total. The molecule has 0 unspecified atom stereocenters. The number of aromatic nitrogens is 3. The Hall–Kier alpha value is -2.67. The van der Waals surface area contributed by atoms with Gasteiger partial charge in [0.25, 0.3) is 5.56 Å². The summed E-state index contributed by atoms with van der Waals surface area (Å²) < 4.78 is 1.50. The number of hydrogen-bond acceptors (Lipinski definition) is 5. The average Bonchev–Trinajstić information content (AvgIpc) is 2.66. The number of aryl methyl sites for hydroxylation is 1. The Kier molecular flexibility index (Phi) is 5.68. The first-order valence-electron chi connectivity index (χ1n) is 8.45. The van der Waals surface area contributed by atoms with Crippen LogP contribution in [-0.4, -0.2) is 32.7 Å². The highest BCUT2D eigenvalue weighted by molar-refractivity contribution is 7.99. The van der Waals surface area contributed by atoms with Crippen LogP contribution in [-0.2, 0) is 4.79 Å². The van der Waals surface area contributed by atoms with Crippen molar-refractivity contribution < 1.29 is 4.79 Å². The van der Waals surface area contributed by atoms with Gasteiger partial charge >= 0.3 is 0 Å². The summed E-state index contributed by atoms with van der Waals surface area (Å²) in [7, 11) is 0. The quantitative estimate of drug-likeness (QED) is 0.535. The van der Waals surface area contributed by atoms with E-state index < -0.39 is 0 Å². The molecule has 0 bridgehead atoms. The van der Waals surface area contributed by atoms with Gasteiger partial charge in [-0.15, -0.1) is 0 Å². The van der Waals surface area contributed by atoms with Gasteiger partial charge in [-0.1, -0.05) is 36.9 Å². The Labute approximate surface area is 155 Å². The highest BCUT2D eigenvalue weighted by Crippen LogP contribution is 2.21. The number of hydrogen-bond donors (Lipinski definition) is 1. The van der Waals surface area contributed by atoms with E-state index in [1.807, 2.05) is 38.1 Å². The predicted octanol–water partition coefficient (Wildman–Crippen LogP) is 2.71. The second-order valence-corrected chi connectivity index (χ2v) is 6.78. The standard InChI is InChI=1S/C19H20N4O2S/c1-3-10-20-16(24)12-26-19-22-15-9-5-4-8-14(15)18(25)23(19)17-13(2)7-6-11-21-17/h4-9,11H,3,10,12H2,1-2H3,(H,20,24). The van der Waals surface area contributed by atoms with Crippen LogP contribution in [0.4, 0.5) is 0 Å². The lowest BCUT2D eigenvalue weighted by atomic mass is 10.2. The molecule has 1 amide bonds. The lowest BCUT2D eigenvalue weighted by Crippen LogP contribution is -2.27. The van der Waals surface area contributed by atoms with E-state index >= 15 is 0 Å². The third-order valence-electron chi connectivity index (χ3n) is 3.84. The van der Waals surface area contributed by atoms with E-state index in [0.717, 1.165) is 12.0 Å². The van der Waals surface area contributed by atoms with Crippen molar-refractivity contribution in [1.29, 1.82) is 0 Å². The monoisotopic (exact) mass is 368 g/mol. The molecule has 3 aromatic rings. The van der Waals surface area contributed by atoms with E-state index in [2.05, 4.69) is 15.3 Å². The van der Waals surface area contributed by atoms with Gasteiger partial charge in [-0.05, 0) is 37.1 Å². The molecule has 134 valence electrons. The fourth-order valence-corrected chi connectivity index (χ4v) is 3.38. The Morgan fingerprint density at radius 2 is 2.04 bits per heavy atom. The largest absolute Gasteiger partial charge is 0.355 e. The average molecular weight is 368 g/mol. The number of nitrogens with zero attached hydrogens (tertiary/aromatic N) is 3. The highest BCUT2D eigenvalue weighted by atomic mass is 32.2. The summed E-state index contributed by atoms with van der Waals surface area (Å²) in [6.07, 6.45) is 2.52. The molecular weight excluding hydrogens is 348 g/mol. The van der Waals surface area contributed by atoms with Gasteiger partial charge in [0.2, 0.25) is 5.91 Å². The van der Waals surface area contributed by atoms with Crippen LogP contribution in [0.3, 0.4) is 0 Å². The van der Waals surface area contributed by atoms with Gasteiger partial charge in [0.1, 0.15) is 5.82 Å². The molecule has 0 saturated carbocycles. The van der Waals surface area contributed by atoms with Crippen molar-refractivity contribution in [2.45, 2.75) is 25.4 Å². The van der Waals surface area contributed by atoms with Crippen LogP contribution >= 0.6 is 11.8 Å². The van der Waals surface area contributed by atoms with Gasteiger partial charge in [0, 0.05) is 12.7 Å². The molecule has 0 spiro atoms. The first-order chi connectivity index (χ1) is 12.6. The van der Waals surface area contributed by atoms with Crippen LogP contribution in [0.15, 0.2) is 52.5 Å². The van der Waals surface area contributed by atoms with Crippen molar-refractivity contribution in [3.8, 4) is 5.82 Å². The van der Waals surface area contributed by atoms with Gasteiger partial charge in [0.15, 0.2) is 5.16 Å². The Bertz CT molecular complexity index is 1000. The minimum absolute atomic E-state index is 0.0800. The second-order valence-electron chi connectivity index (χ2n) is 5.83. The summed E-state index contributed by atoms with van der Waals surface area (Å²) in [5, 5.41) is 3.82. The molecule has 0 aliphatic heterocycles. The minimum atomic E-state index is -0.186. The van der Waals surface area contributed by atoms with Crippen molar-refractivity contribution in [1.82, 2.24) is 19.9 Å². The number of fused-ring (bicyclic) bond motifs is 1. The third-order valence-corrected chi connectivity index (χ3v) is 4.78. The van der Waals surface area contributed by atoms with E-state index in [4.69, 9.17) is 0 Å². The van der Waals surface area contributed by atoms with E-state index in [1.165, 1.54) is 16.3 Å². The number of pyridine rings is 1. The van der Waals surface area contributed by atoms with Crippen molar-refractivity contribution in [2.24, 2.45) is 0 Å². The molecule has 0 aliphatic carbocycles. The number of benzene rings is 1. The van der Waals surface area contributed by atoms with Gasteiger partial charge in [0.05, 0.1) is 16.7 Å². The zero-order valence-corrected chi connectivity index (χ0v) is 15.5. The maximum atomic E-state index is 13.1. The number of carbonyl (C=O) groups is 1. The molecule has 2 heterocycles. The first kappa shape index (κ1) is 18.1. The number of para-hydroxylation sites is 1. The summed E-state index contributed by atoms with van der Waals surface area (Å²) in [6.45, 7) is 4.53. The number of rotatable bonds is 6. The normalized spacial score (nSPS) is 10.8. The van der Waals surface area contributed by atoms with Gasteiger partial charge < -0.3 is 5.32 Å². The molecule has 3 rings (SSSR count). The van der Waals surface area contributed by atoms with Crippen LogP contribution in [0.2, 0.25) is 0 Å². The zero-order chi connectivity index (χ0) is 18.5. The molecule has 0 fully saturated rings. The maximum Gasteiger partial charge on any atom is 0.267 e. The third kappa shape index (κ3) is 3.77. The van der Waals surface area contributed by atoms with Crippen molar-refractivity contribution in [3.63, 3.8) is 0 Å². The zero-order valence-electron chi connectivity index (χ0n) is 14.7. The van der Waals surface area contributed by atoms with Crippen molar-refractivity contribution in [2.75, 3.05) is 12.3 Å². The van der Waals surface area contributed by atoms with Gasteiger partial charge in [-0.25, -0.2) is 14.5 Å². The molecule has 2 aromatic heterocycles. The molecule has 26 heavy (non-hydrogen) atoms. The van der Waals surface area contributed by atoms with Crippen LogP contribution in [0.1, 0.15) is 18.9 Å². The SMILES string of the molecule is CCCNC(=O)CSc1nc2ccccc2c(=O)n1-c1ncccc1C. The molecule has 0 aliphatic rings. The molecule has 0 atom stereocenters. The van der Waals surface area contributed by atoms with Crippen LogP contribution < -0.4 is 10.9 Å². The molecule has 0 radical (unpaired) electrons. The van der Waals surface area contributed by atoms with E-state index in [9.17, 15) is 9.59 Å². The van der Waals surface area contributed by atoms with Crippen LogP contribution in [0, 0.1) is 6.92 Å². The number of carbonyl (C=O) groups excluding carboxylic acids is 1. The molecule has 7 heteroatoms. The maximum absolute atomic E-state index is 13.1. The van der Waals surface area contributed by atoms with Gasteiger partial charge in [-0.2, -0.15) is 0 Å². The summed E-state index contributed by atoms with van der Waals surface area (Å²) in [6, 6.07) is 10.9. The number of thioether (sulfide) groups is 1. The first-order valence-corrected chi connectivity index (χ1v) is 9.43.